The summed E-state index contributed by atoms with van der Waals surface area (Å²) in [5, 5.41) is 2.08. The molecule has 0 N–H and O–H groups in total. The maximum atomic E-state index is 9.14. The lowest BCUT2D eigenvalue weighted by Gasteiger charge is -2.33. The molecular formula is C55H36N2O. The van der Waals surface area contributed by atoms with Crippen LogP contribution in [0.5, 0.6) is 0 Å². The van der Waals surface area contributed by atoms with Crippen LogP contribution in [0.25, 0.3) is 44.2 Å². The van der Waals surface area contributed by atoms with Gasteiger partial charge in [-0.25, -0.2) is 0 Å². The third kappa shape index (κ3) is 4.62. The lowest BCUT2D eigenvalue weighted by Crippen LogP contribution is -2.26. The summed E-state index contributed by atoms with van der Waals surface area (Å²) in [5.74, 6) is 0. The normalized spacial score (nSPS) is 15.8. The number of rotatable bonds is 6. The van der Waals surface area contributed by atoms with Crippen molar-refractivity contribution in [3.8, 4) is 22.3 Å². The minimum absolute atomic E-state index is 0.0886. The van der Waals surface area contributed by atoms with Crippen LogP contribution in [-0.2, 0) is 5.41 Å². The summed E-state index contributed by atoms with van der Waals surface area (Å²) >= 11 is 0. The third-order valence-electron chi connectivity index (χ3n) is 11.9. The Kier molecular flexibility index (Phi) is 6.11. The van der Waals surface area contributed by atoms with Gasteiger partial charge in [0.25, 0.3) is 0 Å². The van der Waals surface area contributed by atoms with Crippen LogP contribution >= 0.6 is 0 Å². The van der Waals surface area contributed by atoms with E-state index < -0.39 is 11.5 Å². The van der Waals surface area contributed by atoms with Gasteiger partial charge in [-0.15, -0.1) is 0 Å². The molecule has 1 heterocycles. The van der Waals surface area contributed by atoms with Crippen LogP contribution in [0.2, 0.25) is 0 Å². The number of benzene rings is 9. The van der Waals surface area contributed by atoms with Crippen LogP contribution in [0.1, 0.15) is 29.1 Å². The van der Waals surface area contributed by atoms with Crippen LogP contribution < -0.4 is 9.80 Å². The number of furan rings is 1. The molecule has 1 atom stereocenters. The van der Waals surface area contributed by atoms with Crippen molar-refractivity contribution in [2.24, 2.45) is 0 Å². The molecule has 272 valence electrons. The van der Waals surface area contributed by atoms with E-state index in [0.29, 0.717) is 11.4 Å². The van der Waals surface area contributed by atoms with Crippen molar-refractivity contribution < 1.29 is 11.3 Å². The number of anilines is 6. The minimum atomic E-state index is -0.775. The number of fused-ring (bicyclic) bond motifs is 13. The Balaban J connectivity index is 1.15. The fraction of sp³-hybridized carbons (Fsp3) is 0.0182. The molecular weight excluding hydrogens is 705 g/mol. The highest BCUT2D eigenvalue weighted by molar-refractivity contribution is 6.13. The van der Waals surface area contributed by atoms with Gasteiger partial charge < -0.3 is 14.2 Å². The van der Waals surface area contributed by atoms with Crippen LogP contribution in [-0.4, -0.2) is 0 Å². The van der Waals surface area contributed by atoms with Gasteiger partial charge in [-0.05, 0) is 123 Å². The third-order valence-corrected chi connectivity index (χ3v) is 11.9. The highest BCUT2D eigenvalue weighted by Crippen LogP contribution is 2.64. The first-order valence-corrected chi connectivity index (χ1v) is 19.5. The second-order valence-electron chi connectivity index (χ2n) is 14.9. The molecule has 9 aromatic carbocycles. The number of hydrogen-bond acceptors (Lipinski definition) is 3. The zero-order valence-corrected chi connectivity index (χ0v) is 31.2. The number of hydrogen-bond donors (Lipinski definition) is 0. The van der Waals surface area contributed by atoms with Gasteiger partial charge >= 0.3 is 0 Å². The average Bonchev–Trinajstić information content (AvgIpc) is 3.96. The maximum Gasteiger partial charge on any atom is 0.137 e. The van der Waals surface area contributed by atoms with Gasteiger partial charge in [0.1, 0.15) is 11.2 Å². The second kappa shape index (κ2) is 12.7. The fourth-order valence-corrected chi connectivity index (χ4v) is 9.68. The molecule has 0 radical (unpaired) electrons. The molecule has 1 unspecified atom stereocenters. The first-order chi connectivity index (χ1) is 30.9. The first-order valence-electron chi connectivity index (χ1n) is 22.0. The van der Waals surface area contributed by atoms with Crippen molar-refractivity contribution >= 4 is 56.1 Å². The van der Waals surface area contributed by atoms with Crippen molar-refractivity contribution in [2.45, 2.75) is 5.41 Å². The first kappa shape index (κ1) is 27.9. The Morgan fingerprint density at radius 3 is 1.55 bits per heavy atom. The highest BCUT2D eigenvalue weighted by Gasteiger charge is 2.52. The zero-order valence-electron chi connectivity index (χ0n) is 36.2. The van der Waals surface area contributed by atoms with Crippen molar-refractivity contribution in [3.63, 3.8) is 0 Å². The van der Waals surface area contributed by atoms with E-state index in [0.717, 1.165) is 83.5 Å². The lowest BCUT2D eigenvalue weighted by molar-refractivity contribution is 0.669. The molecule has 3 heteroatoms. The van der Waals surface area contributed by atoms with Crippen LogP contribution in [0.3, 0.4) is 0 Å². The molecule has 0 amide bonds. The highest BCUT2D eigenvalue weighted by atomic mass is 16.3. The van der Waals surface area contributed by atoms with Crippen LogP contribution in [0, 0.1) is 0 Å². The Hall–Kier alpha value is -7.62. The maximum absolute atomic E-state index is 9.14. The van der Waals surface area contributed by atoms with Gasteiger partial charge in [-0.2, -0.15) is 0 Å². The molecule has 0 saturated carbocycles. The Bertz CT molecular complexity index is 3450. The second-order valence-corrected chi connectivity index (χ2v) is 14.9. The molecule has 3 nitrogen and oxygen atoms in total. The summed E-state index contributed by atoms with van der Waals surface area (Å²) in [6.07, 6.45) is 0. The van der Waals surface area contributed by atoms with Gasteiger partial charge in [-0.1, -0.05) is 139 Å². The van der Waals surface area contributed by atoms with Gasteiger partial charge in [0.2, 0.25) is 0 Å². The lowest BCUT2D eigenvalue weighted by atomic mass is 9.70. The van der Waals surface area contributed by atoms with E-state index in [1.807, 2.05) is 65.6 Å². The van der Waals surface area contributed by atoms with Crippen molar-refractivity contribution in [1.29, 1.82) is 0 Å². The van der Waals surface area contributed by atoms with Crippen molar-refractivity contribution in [1.82, 2.24) is 0 Å². The van der Waals surface area contributed by atoms with Gasteiger partial charge in [0.15, 0.2) is 0 Å². The summed E-state index contributed by atoms with van der Waals surface area (Å²) < 4.78 is 50.5. The predicted molar refractivity (Wildman–Crippen MR) is 239 cm³/mol. The number of para-hydroxylation sites is 4. The molecule has 0 aliphatic heterocycles. The smallest absolute Gasteiger partial charge is 0.137 e. The van der Waals surface area contributed by atoms with E-state index in [9.17, 15) is 0 Å². The molecule has 1 spiro atoms. The van der Waals surface area contributed by atoms with E-state index in [1.54, 1.807) is 0 Å². The summed E-state index contributed by atoms with van der Waals surface area (Å²) in [6, 6.07) is 63.1. The molecule has 0 saturated heterocycles. The minimum Gasteiger partial charge on any atom is -0.456 e. The molecule has 0 fully saturated rings. The standard InChI is InChI=1S/C55H36N2O/c1-4-17-37(18-5-1)56(38-19-6-2-7-20-38)40-31-33-44-42-23-10-13-26-47(42)55(49(44)35-40)48-27-14-11-24-43(48)45-34-32-41(36-50(45)55)57(39-21-8-3-9-22-39)51-28-16-30-53-54(51)46-25-12-15-29-52(46)58-53/h1-36H/i1D,4D,5D,17D,18D. The summed E-state index contributed by atoms with van der Waals surface area (Å²) in [6.45, 7) is 0. The fourth-order valence-electron chi connectivity index (χ4n) is 9.68. The van der Waals surface area contributed by atoms with Gasteiger partial charge in [0.05, 0.1) is 23.3 Å². The molecule has 2 aliphatic carbocycles. The summed E-state index contributed by atoms with van der Waals surface area (Å²) in [5.41, 5.74) is 14.3. The van der Waals surface area contributed by atoms with Crippen LogP contribution in [0.4, 0.5) is 34.1 Å². The number of nitrogens with zero attached hydrogens (tertiary/aromatic N) is 2. The van der Waals surface area contributed by atoms with Crippen LogP contribution in [0.15, 0.2) is 223 Å². The van der Waals surface area contributed by atoms with Crippen molar-refractivity contribution in [2.75, 3.05) is 9.80 Å². The summed E-state index contributed by atoms with van der Waals surface area (Å²) in [7, 11) is 0. The molecule has 12 rings (SSSR count). The van der Waals surface area contributed by atoms with E-state index in [4.69, 9.17) is 11.3 Å². The van der Waals surface area contributed by atoms with Gasteiger partial charge in [0, 0.05) is 33.8 Å². The zero-order chi connectivity index (χ0) is 42.6. The molecule has 58 heavy (non-hydrogen) atoms. The van der Waals surface area contributed by atoms with Gasteiger partial charge in [-0.3, -0.25) is 0 Å². The largest absolute Gasteiger partial charge is 0.456 e. The molecule has 10 aromatic rings. The van der Waals surface area contributed by atoms with E-state index in [1.165, 1.54) is 0 Å². The Labute approximate surface area is 344 Å². The Morgan fingerprint density at radius 1 is 0.379 bits per heavy atom. The monoisotopic (exact) mass is 745 g/mol. The molecule has 2 aliphatic rings. The SMILES string of the molecule is [2H]c1c([2H])c([2H])c(N(c2ccccc2)c2ccc3c(c2)C2(c4ccccc4-3)c3ccccc3-c3ccc(N(c4ccccc4)c4cccc5oc6ccccc6c45)cc32)c([2H])c1[2H]. The molecule has 1 aromatic heterocycles. The quantitative estimate of drug-likeness (QED) is 0.169. The predicted octanol–water partition coefficient (Wildman–Crippen LogP) is 14.9. The Morgan fingerprint density at radius 2 is 0.897 bits per heavy atom. The topological polar surface area (TPSA) is 19.6 Å². The summed E-state index contributed by atoms with van der Waals surface area (Å²) in [4.78, 5) is 4.14. The van der Waals surface area contributed by atoms with E-state index in [-0.39, 0.29) is 29.9 Å². The average molecular weight is 746 g/mol. The van der Waals surface area contributed by atoms with Crippen molar-refractivity contribution in [3.05, 3.63) is 241 Å². The van der Waals surface area contributed by atoms with E-state index in [2.05, 4.69) is 132 Å². The van der Waals surface area contributed by atoms with E-state index >= 15 is 0 Å². The molecule has 0 bridgehead atoms.